The van der Waals surface area contributed by atoms with Crippen molar-refractivity contribution in [3.8, 4) is 0 Å². The fraction of sp³-hybridized carbons (Fsp3) is 0.385. The number of nitrogens with zero attached hydrogens (tertiary/aromatic N) is 1. The first-order chi connectivity index (χ1) is 9.41. The van der Waals surface area contributed by atoms with Gasteiger partial charge in [0.1, 0.15) is 5.00 Å². The van der Waals surface area contributed by atoms with E-state index in [4.69, 9.17) is 23.2 Å². The first-order valence-corrected chi connectivity index (χ1v) is 6.72. The molecule has 0 bridgehead atoms. The molecule has 5 nitrogen and oxygen atoms in total. The van der Waals surface area contributed by atoms with E-state index in [0.29, 0.717) is 5.56 Å². The Labute approximate surface area is 126 Å². The molecule has 0 aliphatic carbocycles. The average molecular weight is 318 g/mol. The number of likely N-dealkylation sites (tertiary alicyclic amines) is 1. The van der Waals surface area contributed by atoms with Gasteiger partial charge in [0.25, 0.3) is 0 Å². The molecule has 1 aliphatic rings. The maximum Gasteiger partial charge on any atom is 0.409 e. The summed E-state index contributed by atoms with van der Waals surface area (Å²) in [6.45, 7) is 0. The zero-order valence-corrected chi connectivity index (χ0v) is 12.1. The highest BCUT2D eigenvalue weighted by Gasteiger charge is 2.57. The highest BCUT2D eigenvalue weighted by Crippen LogP contribution is 2.47. The molecule has 1 amide bonds. The number of halogens is 2. The zero-order valence-electron chi connectivity index (χ0n) is 10.6. The summed E-state index contributed by atoms with van der Waals surface area (Å²) in [5.41, 5.74) is 0.570. The number of hydrogen-bond acceptors (Lipinski definition) is 3. The zero-order chi connectivity index (χ0) is 14.9. The quantitative estimate of drug-likeness (QED) is 0.517. The summed E-state index contributed by atoms with van der Waals surface area (Å²) in [4.78, 5) is 22.8. The molecule has 1 heterocycles. The third-order valence-corrected chi connectivity index (χ3v) is 4.28. The lowest BCUT2D eigenvalue weighted by atomic mass is 10.0. The number of benzene rings is 1. The summed E-state index contributed by atoms with van der Waals surface area (Å²) in [5, 5.41) is 8.66. The van der Waals surface area contributed by atoms with Crippen LogP contribution < -0.4 is 0 Å². The van der Waals surface area contributed by atoms with Gasteiger partial charge in [-0.25, -0.2) is 9.59 Å². The van der Waals surface area contributed by atoms with Crippen LogP contribution in [0.5, 0.6) is 0 Å². The Kier molecular flexibility index (Phi) is 4.11. The molecule has 2 rings (SSSR count). The number of amides is 1. The van der Waals surface area contributed by atoms with Gasteiger partial charge in [-0.2, -0.15) is 0 Å². The van der Waals surface area contributed by atoms with E-state index < -0.39 is 28.5 Å². The number of ether oxygens (including phenoxy) is 1. The second kappa shape index (κ2) is 5.50. The normalized spacial score (nSPS) is 29.2. The van der Waals surface area contributed by atoms with Gasteiger partial charge < -0.3 is 9.84 Å². The van der Waals surface area contributed by atoms with E-state index >= 15 is 0 Å². The van der Waals surface area contributed by atoms with Gasteiger partial charge in [0.05, 0.1) is 12.5 Å². The lowest BCUT2D eigenvalue weighted by Gasteiger charge is -2.33. The molecule has 0 spiro atoms. The average Bonchev–Trinajstić information content (AvgIpc) is 2.71. The minimum Gasteiger partial charge on any atom is -0.467 e. The van der Waals surface area contributed by atoms with Gasteiger partial charge in [-0.05, 0) is 5.56 Å². The number of alkyl halides is 2. The van der Waals surface area contributed by atoms with E-state index in [2.05, 4.69) is 4.74 Å². The summed E-state index contributed by atoms with van der Waals surface area (Å²) in [7, 11) is 1.18. The van der Waals surface area contributed by atoms with Gasteiger partial charge in [-0.3, -0.25) is 4.90 Å². The van der Waals surface area contributed by atoms with Crippen molar-refractivity contribution in [2.45, 2.75) is 22.8 Å². The Morgan fingerprint density at radius 1 is 1.40 bits per heavy atom. The molecule has 3 unspecified atom stereocenters. The lowest BCUT2D eigenvalue weighted by molar-refractivity contribution is -0.145. The molecule has 1 fully saturated rings. The highest BCUT2D eigenvalue weighted by atomic mass is 35.5. The number of rotatable bonds is 2. The SMILES string of the molecule is COC(=O)C1C(Cl)CC(Cl)(c2ccccc2)N1C(=O)O. The van der Waals surface area contributed by atoms with E-state index in [1.807, 2.05) is 0 Å². The molecule has 0 aromatic heterocycles. The van der Waals surface area contributed by atoms with Crippen molar-refractivity contribution in [3.63, 3.8) is 0 Å². The largest absolute Gasteiger partial charge is 0.467 e. The van der Waals surface area contributed by atoms with Crippen molar-refractivity contribution in [1.29, 1.82) is 0 Å². The van der Waals surface area contributed by atoms with Gasteiger partial charge in [0.2, 0.25) is 0 Å². The van der Waals surface area contributed by atoms with Crippen LogP contribution in [0.4, 0.5) is 4.79 Å². The van der Waals surface area contributed by atoms with Crippen molar-refractivity contribution in [1.82, 2.24) is 4.90 Å². The van der Waals surface area contributed by atoms with Crippen molar-refractivity contribution in [2.24, 2.45) is 0 Å². The molecule has 0 saturated carbocycles. The van der Waals surface area contributed by atoms with Crippen LogP contribution in [0, 0.1) is 0 Å². The van der Waals surface area contributed by atoms with Crippen molar-refractivity contribution < 1.29 is 19.4 Å². The number of carbonyl (C=O) groups is 2. The summed E-state index contributed by atoms with van der Waals surface area (Å²) >= 11 is 12.6. The molecule has 7 heteroatoms. The number of carbonyl (C=O) groups excluding carboxylic acids is 1. The van der Waals surface area contributed by atoms with Gasteiger partial charge in [-0.15, -0.1) is 11.6 Å². The van der Waals surface area contributed by atoms with Crippen LogP contribution in [0.15, 0.2) is 30.3 Å². The maximum atomic E-state index is 11.8. The Balaban J connectivity index is 2.49. The standard InChI is InChI=1S/C13H13Cl2NO4/c1-20-11(17)10-9(14)7-13(15,16(10)12(18)19)8-5-3-2-4-6-8/h2-6,9-10H,7H2,1H3,(H,18,19). The number of hydrogen-bond donors (Lipinski definition) is 1. The number of carboxylic acid groups (broad SMARTS) is 1. The molecule has 20 heavy (non-hydrogen) atoms. The highest BCUT2D eigenvalue weighted by molar-refractivity contribution is 6.28. The van der Waals surface area contributed by atoms with Gasteiger partial charge in [-0.1, -0.05) is 41.9 Å². The Bertz CT molecular complexity index is 524. The van der Waals surface area contributed by atoms with E-state index in [-0.39, 0.29) is 6.42 Å². The number of esters is 1. The molecule has 1 aromatic rings. The minimum atomic E-state index is -1.38. The summed E-state index contributed by atoms with van der Waals surface area (Å²) in [5.74, 6) is -0.717. The van der Waals surface area contributed by atoms with Crippen molar-refractivity contribution in [3.05, 3.63) is 35.9 Å². The Morgan fingerprint density at radius 2 is 2.00 bits per heavy atom. The first kappa shape index (κ1) is 14.9. The van der Waals surface area contributed by atoms with Gasteiger partial charge in [0, 0.05) is 6.42 Å². The van der Waals surface area contributed by atoms with E-state index in [9.17, 15) is 14.7 Å². The van der Waals surface area contributed by atoms with Crippen LogP contribution in [0.25, 0.3) is 0 Å². The topological polar surface area (TPSA) is 66.8 Å². The molecule has 1 aliphatic heterocycles. The molecule has 1 saturated heterocycles. The predicted molar refractivity (Wildman–Crippen MR) is 73.9 cm³/mol. The smallest absolute Gasteiger partial charge is 0.409 e. The van der Waals surface area contributed by atoms with Crippen LogP contribution in [-0.2, 0) is 14.5 Å². The number of methoxy groups -OCH3 is 1. The molecular formula is C13H13Cl2NO4. The third kappa shape index (κ3) is 2.31. The lowest BCUT2D eigenvalue weighted by Crippen LogP contribution is -2.49. The summed E-state index contributed by atoms with van der Waals surface area (Å²) < 4.78 is 4.63. The van der Waals surface area contributed by atoms with Crippen LogP contribution >= 0.6 is 23.2 Å². The second-order valence-corrected chi connectivity index (χ2v) is 5.65. The second-order valence-electron chi connectivity index (χ2n) is 4.47. The van der Waals surface area contributed by atoms with E-state index in [0.717, 1.165) is 4.90 Å². The molecular weight excluding hydrogens is 305 g/mol. The van der Waals surface area contributed by atoms with Gasteiger partial charge >= 0.3 is 12.1 Å². The third-order valence-electron chi connectivity index (χ3n) is 3.33. The Hall–Kier alpha value is -1.46. The van der Waals surface area contributed by atoms with E-state index in [1.54, 1.807) is 30.3 Å². The van der Waals surface area contributed by atoms with Crippen molar-refractivity contribution in [2.75, 3.05) is 7.11 Å². The summed E-state index contributed by atoms with van der Waals surface area (Å²) in [6, 6.07) is 7.55. The monoisotopic (exact) mass is 317 g/mol. The fourth-order valence-electron chi connectivity index (χ4n) is 2.45. The van der Waals surface area contributed by atoms with E-state index in [1.165, 1.54) is 7.11 Å². The predicted octanol–water partition coefficient (Wildman–Crippen LogP) is 2.61. The Morgan fingerprint density at radius 3 is 2.50 bits per heavy atom. The fourth-order valence-corrected chi connectivity index (χ4v) is 3.43. The minimum absolute atomic E-state index is 0.117. The van der Waals surface area contributed by atoms with Crippen LogP contribution in [0.1, 0.15) is 12.0 Å². The maximum absolute atomic E-state index is 11.8. The molecule has 1 aromatic carbocycles. The van der Waals surface area contributed by atoms with Crippen LogP contribution in [-0.4, -0.2) is 40.6 Å². The molecule has 1 N–H and O–H groups in total. The first-order valence-electron chi connectivity index (χ1n) is 5.90. The molecule has 108 valence electrons. The molecule has 0 radical (unpaired) electrons. The molecule has 3 atom stereocenters. The van der Waals surface area contributed by atoms with Crippen LogP contribution in [0.2, 0.25) is 0 Å². The van der Waals surface area contributed by atoms with Gasteiger partial charge in [0.15, 0.2) is 6.04 Å². The summed E-state index contributed by atoms with van der Waals surface area (Å²) in [6.07, 6.45) is -1.20. The van der Waals surface area contributed by atoms with Crippen LogP contribution in [0.3, 0.4) is 0 Å². The van der Waals surface area contributed by atoms with Crippen molar-refractivity contribution >= 4 is 35.3 Å².